The second-order valence-electron chi connectivity index (χ2n) is 5.20. The minimum atomic E-state index is 0.247. The first-order chi connectivity index (χ1) is 10.2. The van der Waals surface area contributed by atoms with Crippen molar-refractivity contribution < 1.29 is 4.74 Å². The average Bonchev–Trinajstić information content (AvgIpc) is 2.90. The van der Waals surface area contributed by atoms with Gasteiger partial charge < -0.3 is 10.1 Å². The van der Waals surface area contributed by atoms with Gasteiger partial charge in [0.15, 0.2) is 0 Å². The predicted molar refractivity (Wildman–Crippen MR) is 85.6 cm³/mol. The number of hydrogen-bond acceptors (Lipinski definition) is 3. The van der Waals surface area contributed by atoms with Gasteiger partial charge in [-0.2, -0.15) is 5.10 Å². The lowest BCUT2D eigenvalue weighted by Crippen LogP contribution is -2.24. The highest BCUT2D eigenvalue weighted by molar-refractivity contribution is 5.36. The third-order valence-corrected chi connectivity index (χ3v) is 3.43. The fourth-order valence-corrected chi connectivity index (χ4v) is 2.48. The second kappa shape index (κ2) is 7.84. The Labute approximate surface area is 127 Å². The number of para-hydroxylation sites is 1. The van der Waals surface area contributed by atoms with Crippen molar-refractivity contribution in [1.29, 1.82) is 0 Å². The number of nitrogens with zero attached hydrogens (tertiary/aromatic N) is 2. The maximum Gasteiger partial charge on any atom is 0.124 e. The van der Waals surface area contributed by atoms with Gasteiger partial charge in [0.2, 0.25) is 0 Å². The number of aromatic nitrogens is 2. The van der Waals surface area contributed by atoms with Crippen molar-refractivity contribution >= 4 is 0 Å². The Balaban J connectivity index is 2.22. The molecule has 0 spiro atoms. The zero-order valence-electron chi connectivity index (χ0n) is 13.2. The molecule has 0 fully saturated rings. The van der Waals surface area contributed by atoms with Crippen LogP contribution in [-0.2, 0) is 13.5 Å². The molecule has 0 radical (unpaired) electrons. The minimum Gasteiger partial charge on any atom is -0.494 e. The summed E-state index contributed by atoms with van der Waals surface area (Å²) in [4.78, 5) is 0. The van der Waals surface area contributed by atoms with Crippen LogP contribution in [0.3, 0.4) is 0 Å². The van der Waals surface area contributed by atoms with Gasteiger partial charge in [0.05, 0.1) is 12.8 Å². The summed E-state index contributed by atoms with van der Waals surface area (Å²) in [6.45, 7) is 5.88. The fraction of sp³-hybridized carbons (Fsp3) is 0.471. The summed E-state index contributed by atoms with van der Waals surface area (Å²) >= 11 is 0. The van der Waals surface area contributed by atoms with Crippen molar-refractivity contribution in [3.63, 3.8) is 0 Å². The average molecular weight is 287 g/mol. The van der Waals surface area contributed by atoms with Crippen LogP contribution in [0.25, 0.3) is 0 Å². The number of aryl methyl sites for hydroxylation is 1. The smallest absolute Gasteiger partial charge is 0.124 e. The molecular weight excluding hydrogens is 262 g/mol. The molecular formula is C17H25N3O. The van der Waals surface area contributed by atoms with Crippen LogP contribution in [-0.4, -0.2) is 22.9 Å². The Kier molecular flexibility index (Phi) is 5.81. The van der Waals surface area contributed by atoms with E-state index in [4.69, 9.17) is 4.74 Å². The Morgan fingerprint density at radius 2 is 2.10 bits per heavy atom. The summed E-state index contributed by atoms with van der Waals surface area (Å²) in [5.41, 5.74) is 2.45. The molecule has 0 aliphatic heterocycles. The van der Waals surface area contributed by atoms with E-state index < -0.39 is 0 Å². The van der Waals surface area contributed by atoms with Crippen molar-refractivity contribution in [1.82, 2.24) is 15.1 Å². The molecule has 1 unspecified atom stereocenters. The maximum absolute atomic E-state index is 5.78. The van der Waals surface area contributed by atoms with Crippen LogP contribution in [0.15, 0.2) is 36.7 Å². The second-order valence-corrected chi connectivity index (χ2v) is 5.20. The summed E-state index contributed by atoms with van der Waals surface area (Å²) in [5, 5.41) is 7.89. The topological polar surface area (TPSA) is 39.1 Å². The number of hydrogen-bond donors (Lipinski definition) is 1. The van der Waals surface area contributed by atoms with Gasteiger partial charge in [-0.15, -0.1) is 0 Å². The van der Waals surface area contributed by atoms with E-state index in [-0.39, 0.29) is 6.04 Å². The molecule has 2 aromatic rings. The summed E-state index contributed by atoms with van der Waals surface area (Å²) in [6, 6.07) is 8.53. The molecule has 4 heteroatoms. The van der Waals surface area contributed by atoms with E-state index in [1.54, 1.807) is 0 Å². The molecule has 114 valence electrons. The molecule has 21 heavy (non-hydrogen) atoms. The van der Waals surface area contributed by atoms with E-state index in [9.17, 15) is 0 Å². The predicted octanol–water partition coefficient (Wildman–Crippen LogP) is 3.10. The quantitative estimate of drug-likeness (QED) is 0.811. The van der Waals surface area contributed by atoms with Crippen LogP contribution in [0.4, 0.5) is 0 Å². The highest BCUT2D eigenvalue weighted by Crippen LogP contribution is 2.27. The molecule has 0 bridgehead atoms. The Bertz CT molecular complexity index is 550. The molecule has 1 atom stereocenters. The van der Waals surface area contributed by atoms with Crippen molar-refractivity contribution in [3.05, 3.63) is 47.8 Å². The molecule has 0 saturated heterocycles. The van der Waals surface area contributed by atoms with Crippen LogP contribution >= 0.6 is 0 Å². The van der Waals surface area contributed by atoms with E-state index in [2.05, 4.69) is 35.7 Å². The molecule has 1 heterocycles. The first-order valence-corrected chi connectivity index (χ1v) is 7.67. The largest absolute Gasteiger partial charge is 0.494 e. The van der Waals surface area contributed by atoms with Crippen LogP contribution in [0.1, 0.15) is 37.4 Å². The zero-order valence-corrected chi connectivity index (χ0v) is 13.2. The molecule has 2 rings (SSSR count). The Morgan fingerprint density at radius 3 is 2.76 bits per heavy atom. The lowest BCUT2D eigenvalue weighted by molar-refractivity contribution is 0.331. The molecule has 0 saturated carbocycles. The highest BCUT2D eigenvalue weighted by Gasteiger charge is 2.16. The summed E-state index contributed by atoms with van der Waals surface area (Å²) in [6.07, 6.45) is 6.03. The van der Waals surface area contributed by atoms with Crippen molar-refractivity contribution in [2.45, 2.75) is 32.7 Å². The van der Waals surface area contributed by atoms with Crippen molar-refractivity contribution in [2.24, 2.45) is 7.05 Å². The van der Waals surface area contributed by atoms with Gasteiger partial charge in [0, 0.05) is 24.8 Å². The molecule has 0 amide bonds. The van der Waals surface area contributed by atoms with Gasteiger partial charge in [0.1, 0.15) is 5.75 Å². The summed E-state index contributed by atoms with van der Waals surface area (Å²) in [5.74, 6) is 0.970. The molecule has 0 aliphatic carbocycles. The summed E-state index contributed by atoms with van der Waals surface area (Å²) in [7, 11) is 1.95. The SMILES string of the molecule is CCCNC(Cc1cnn(C)c1)c1ccccc1OCC. The monoisotopic (exact) mass is 287 g/mol. The van der Waals surface area contributed by atoms with Gasteiger partial charge in [-0.05, 0) is 37.9 Å². The maximum atomic E-state index is 5.78. The van der Waals surface area contributed by atoms with E-state index in [1.807, 2.05) is 37.0 Å². The normalized spacial score (nSPS) is 12.3. The van der Waals surface area contributed by atoms with Crippen LogP contribution in [0.2, 0.25) is 0 Å². The lowest BCUT2D eigenvalue weighted by atomic mass is 9.99. The van der Waals surface area contributed by atoms with Gasteiger partial charge in [0.25, 0.3) is 0 Å². The minimum absolute atomic E-state index is 0.247. The standard InChI is InChI=1S/C17H25N3O/c1-4-10-18-16(11-14-12-19-20(3)13-14)15-8-6-7-9-17(15)21-5-2/h6-9,12-13,16,18H,4-5,10-11H2,1-3H3. The van der Waals surface area contributed by atoms with E-state index >= 15 is 0 Å². The lowest BCUT2D eigenvalue weighted by Gasteiger charge is -2.21. The van der Waals surface area contributed by atoms with Gasteiger partial charge >= 0.3 is 0 Å². The van der Waals surface area contributed by atoms with Gasteiger partial charge in [-0.1, -0.05) is 25.1 Å². The molecule has 0 aliphatic rings. The highest BCUT2D eigenvalue weighted by atomic mass is 16.5. The molecule has 1 N–H and O–H groups in total. The first-order valence-electron chi connectivity index (χ1n) is 7.67. The number of nitrogens with one attached hydrogen (secondary N) is 1. The molecule has 4 nitrogen and oxygen atoms in total. The number of rotatable bonds is 8. The van der Waals surface area contributed by atoms with Crippen molar-refractivity contribution in [3.8, 4) is 5.75 Å². The molecule has 1 aromatic carbocycles. The first kappa shape index (κ1) is 15.6. The zero-order chi connectivity index (χ0) is 15.1. The van der Waals surface area contributed by atoms with Gasteiger partial charge in [-0.3, -0.25) is 4.68 Å². The van der Waals surface area contributed by atoms with Gasteiger partial charge in [-0.25, -0.2) is 0 Å². The number of benzene rings is 1. The third kappa shape index (κ3) is 4.33. The van der Waals surface area contributed by atoms with Crippen LogP contribution < -0.4 is 10.1 Å². The van der Waals surface area contributed by atoms with E-state index in [1.165, 1.54) is 11.1 Å². The molecule has 1 aromatic heterocycles. The number of ether oxygens (including phenoxy) is 1. The van der Waals surface area contributed by atoms with Crippen molar-refractivity contribution in [2.75, 3.05) is 13.2 Å². The third-order valence-electron chi connectivity index (χ3n) is 3.43. The Morgan fingerprint density at radius 1 is 1.29 bits per heavy atom. The Hall–Kier alpha value is -1.81. The van der Waals surface area contributed by atoms with E-state index in [0.29, 0.717) is 6.61 Å². The summed E-state index contributed by atoms with van der Waals surface area (Å²) < 4.78 is 7.63. The fourth-order valence-electron chi connectivity index (χ4n) is 2.48. The van der Waals surface area contributed by atoms with Crippen LogP contribution in [0, 0.1) is 0 Å². The van der Waals surface area contributed by atoms with E-state index in [0.717, 1.165) is 25.1 Å². The van der Waals surface area contributed by atoms with Crippen LogP contribution in [0.5, 0.6) is 5.75 Å².